The van der Waals surface area contributed by atoms with Crippen LogP contribution in [0.4, 0.5) is 0 Å². The van der Waals surface area contributed by atoms with Crippen molar-refractivity contribution in [2.45, 2.75) is 5.41 Å². The van der Waals surface area contributed by atoms with Crippen LogP contribution in [0.25, 0.3) is 54.9 Å². The van der Waals surface area contributed by atoms with Crippen LogP contribution in [0.5, 0.6) is 11.5 Å². The van der Waals surface area contributed by atoms with E-state index in [1.165, 1.54) is 66.1 Å². The van der Waals surface area contributed by atoms with Crippen LogP contribution in [0, 0.1) is 0 Å². The van der Waals surface area contributed by atoms with Crippen molar-refractivity contribution in [1.82, 2.24) is 0 Å². The molecular weight excluding hydrogens is 556 g/mol. The predicted molar refractivity (Wildman–Crippen MR) is 190 cm³/mol. The molecule has 1 heteroatoms. The molecule has 1 heterocycles. The second-order valence-electron chi connectivity index (χ2n) is 12.4. The van der Waals surface area contributed by atoms with Crippen molar-refractivity contribution in [2.24, 2.45) is 0 Å². The summed E-state index contributed by atoms with van der Waals surface area (Å²) in [6.45, 7) is 0. The predicted octanol–water partition coefficient (Wildman–Crippen LogP) is 11.8. The van der Waals surface area contributed by atoms with Crippen molar-refractivity contribution in [3.05, 3.63) is 192 Å². The van der Waals surface area contributed by atoms with Gasteiger partial charge in [0.1, 0.15) is 11.5 Å². The maximum absolute atomic E-state index is 6.65. The van der Waals surface area contributed by atoms with Crippen molar-refractivity contribution < 1.29 is 4.74 Å². The fourth-order valence-corrected chi connectivity index (χ4v) is 8.22. The summed E-state index contributed by atoms with van der Waals surface area (Å²) in [4.78, 5) is 0. The van der Waals surface area contributed by atoms with E-state index < -0.39 is 5.41 Å². The van der Waals surface area contributed by atoms with Gasteiger partial charge in [-0.1, -0.05) is 140 Å². The lowest BCUT2D eigenvalue weighted by Crippen LogP contribution is -2.29. The van der Waals surface area contributed by atoms with Crippen molar-refractivity contribution >= 4 is 21.5 Å². The van der Waals surface area contributed by atoms with Crippen LogP contribution in [0.1, 0.15) is 22.3 Å². The van der Waals surface area contributed by atoms with Crippen LogP contribution >= 0.6 is 0 Å². The van der Waals surface area contributed by atoms with Crippen molar-refractivity contribution in [2.75, 3.05) is 0 Å². The third-order valence-electron chi connectivity index (χ3n) is 10.1. The van der Waals surface area contributed by atoms with E-state index in [1.807, 2.05) is 6.07 Å². The maximum atomic E-state index is 6.65. The molecule has 0 N–H and O–H groups in total. The average molecular weight is 585 g/mol. The summed E-state index contributed by atoms with van der Waals surface area (Å²) < 4.78 is 6.65. The molecule has 8 aromatic carbocycles. The highest BCUT2D eigenvalue weighted by molar-refractivity contribution is 6.06. The monoisotopic (exact) mass is 584 g/mol. The topological polar surface area (TPSA) is 9.23 Å². The van der Waals surface area contributed by atoms with Crippen molar-refractivity contribution in [1.29, 1.82) is 0 Å². The van der Waals surface area contributed by atoms with Gasteiger partial charge in [0.2, 0.25) is 0 Å². The molecule has 46 heavy (non-hydrogen) atoms. The summed E-state index contributed by atoms with van der Waals surface area (Å²) in [7, 11) is 0. The van der Waals surface area contributed by atoms with Crippen LogP contribution in [0.2, 0.25) is 0 Å². The number of ether oxygens (including phenoxy) is 1. The van der Waals surface area contributed by atoms with Crippen LogP contribution < -0.4 is 4.74 Å². The fraction of sp³-hybridized carbons (Fsp3) is 0.0222. The van der Waals surface area contributed by atoms with E-state index in [0.29, 0.717) is 0 Å². The molecule has 2 aliphatic rings. The van der Waals surface area contributed by atoms with Gasteiger partial charge in [-0.3, -0.25) is 0 Å². The molecule has 214 valence electrons. The van der Waals surface area contributed by atoms with Gasteiger partial charge < -0.3 is 4.74 Å². The van der Waals surface area contributed by atoms with E-state index in [1.54, 1.807) is 0 Å². The average Bonchev–Trinajstić information content (AvgIpc) is 3.41. The summed E-state index contributed by atoms with van der Waals surface area (Å²) in [5.41, 5.74) is 11.9. The highest BCUT2D eigenvalue weighted by atomic mass is 16.5. The molecule has 0 saturated carbocycles. The first-order chi connectivity index (χ1) is 22.8. The zero-order valence-corrected chi connectivity index (χ0v) is 25.1. The fourth-order valence-electron chi connectivity index (χ4n) is 8.22. The number of para-hydroxylation sites is 1. The summed E-state index contributed by atoms with van der Waals surface area (Å²) in [6.07, 6.45) is 0. The molecule has 8 aromatic rings. The second kappa shape index (κ2) is 9.54. The van der Waals surface area contributed by atoms with Gasteiger partial charge in [0, 0.05) is 10.9 Å². The Hall–Kier alpha value is -5.92. The molecular formula is C45H28O. The van der Waals surface area contributed by atoms with Gasteiger partial charge >= 0.3 is 0 Å². The summed E-state index contributed by atoms with van der Waals surface area (Å²) >= 11 is 0. The number of fused-ring (bicyclic) bond motifs is 6. The van der Waals surface area contributed by atoms with Crippen LogP contribution in [-0.2, 0) is 5.41 Å². The highest BCUT2D eigenvalue weighted by Crippen LogP contribution is 2.59. The molecule has 0 saturated heterocycles. The van der Waals surface area contributed by atoms with E-state index in [0.717, 1.165) is 22.6 Å². The van der Waals surface area contributed by atoms with Crippen LogP contribution in [-0.4, -0.2) is 0 Å². The van der Waals surface area contributed by atoms with E-state index >= 15 is 0 Å². The Bertz CT molecular complexity index is 2510. The molecule has 10 rings (SSSR count). The van der Waals surface area contributed by atoms with Gasteiger partial charge in [-0.05, 0) is 96.6 Å². The Morgan fingerprint density at radius 1 is 0.348 bits per heavy atom. The molecule has 1 nitrogen and oxygen atoms in total. The summed E-state index contributed by atoms with van der Waals surface area (Å²) in [6, 6.07) is 62.2. The Labute approximate surface area is 268 Å². The van der Waals surface area contributed by atoms with Gasteiger partial charge in [-0.25, -0.2) is 0 Å². The third kappa shape index (κ3) is 3.40. The van der Waals surface area contributed by atoms with E-state index in [4.69, 9.17) is 4.74 Å². The lowest BCUT2D eigenvalue weighted by molar-refractivity contribution is 0.487. The van der Waals surface area contributed by atoms with Crippen LogP contribution in [0.3, 0.4) is 0 Å². The Balaban J connectivity index is 1.31. The number of hydrogen-bond acceptors (Lipinski definition) is 1. The largest absolute Gasteiger partial charge is 0.456 e. The highest BCUT2D eigenvalue weighted by Gasteiger charge is 2.47. The smallest absolute Gasteiger partial charge is 0.136 e. The van der Waals surface area contributed by atoms with Crippen LogP contribution in [0.15, 0.2) is 170 Å². The molecule has 0 aromatic heterocycles. The molecule has 0 fully saturated rings. The standard InChI is InChI=1S/C45H28O/c1-2-16-33(17-3-1)45(40-23-10-7-19-35(40)38-26-29-13-4-5-14-30(29)27-41(38)45)39-22-9-6-18-34(39)32-25-31-15-12-21-37-36-20-8-11-24-42(36)46-43(28-32)44(31)37/h1-28H. The quantitative estimate of drug-likeness (QED) is 0.201. The third-order valence-corrected chi connectivity index (χ3v) is 10.1. The minimum atomic E-state index is -0.519. The summed E-state index contributed by atoms with van der Waals surface area (Å²) in [5.74, 6) is 1.81. The molecule has 1 aliphatic carbocycles. The van der Waals surface area contributed by atoms with E-state index in [2.05, 4.69) is 164 Å². The second-order valence-corrected chi connectivity index (χ2v) is 12.4. The molecule has 1 atom stereocenters. The summed E-state index contributed by atoms with van der Waals surface area (Å²) in [5, 5.41) is 4.86. The van der Waals surface area contributed by atoms with Gasteiger partial charge in [0.05, 0.1) is 5.41 Å². The molecule has 1 aliphatic heterocycles. The first-order valence-electron chi connectivity index (χ1n) is 15.9. The first-order valence-corrected chi connectivity index (χ1v) is 15.9. The number of rotatable bonds is 3. The Morgan fingerprint density at radius 2 is 0.957 bits per heavy atom. The van der Waals surface area contributed by atoms with Gasteiger partial charge in [-0.2, -0.15) is 0 Å². The lowest BCUT2D eigenvalue weighted by Gasteiger charge is -2.36. The lowest BCUT2D eigenvalue weighted by atomic mass is 9.65. The van der Waals surface area contributed by atoms with Crippen molar-refractivity contribution in [3.8, 4) is 44.9 Å². The zero-order chi connectivity index (χ0) is 30.2. The zero-order valence-electron chi connectivity index (χ0n) is 25.1. The Kier molecular flexibility index (Phi) is 5.27. The van der Waals surface area contributed by atoms with Gasteiger partial charge in [0.25, 0.3) is 0 Å². The Morgan fingerprint density at radius 3 is 1.78 bits per heavy atom. The van der Waals surface area contributed by atoms with Gasteiger partial charge in [-0.15, -0.1) is 0 Å². The number of benzene rings is 8. The van der Waals surface area contributed by atoms with Gasteiger partial charge in [0.15, 0.2) is 0 Å². The maximum Gasteiger partial charge on any atom is 0.136 e. The normalized spacial score (nSPS) is 15.7. The molecule has 0 bridgehead atoms. The first kappa shape index (κ1) is 25.4. The van der Waals surface area contributed by atoms with E-state index in [-0.39, 0.29) is 0 Å². The van der Waals surface area contributed by atoms with E-state index in [9.17, 15) is 0 Å². The van der Waals surface area contributed by atoms with Crippen molar-refractivity contribution in [3.63, 3.8) is 0 Å². The number of hydrogen-bond donors (Lipinski definition) is 0. The molecule has 0 amide bonds. The minimum absolute atomic E-state index is 0.519. The molecule has 0 radical (unpaired) electrons. The molecule has 0 spiro atoms. The molecule has 1 unspecified atom stereocenters. The minimum Gasteiger partial charge on any atom is -0.456 e. The SMILES string of the molecule is c1ccc(C2(c3ccccc3-c3cc4c5c(cccc5c3)-c3ccccc3O4)c3ccccc3-c3cc4ccccc4cc32)cc1.